The van der Waals surface area contributed by atoms with Gasteiger partial charge in [0, 0.05) is 20.5 Å². The van der Waals surface area contributed by atoms with Crippen molar-refractivity contribution in [2.45, 2.75) is 39.7 Å². The Kier molecular flexibility index (Phi) is 21.5. The molecule has 1 unspecified atom stereocenters. The SMILES string of the molecule is CC.CNC(=O)CC(C)O.CNC(=O)CCO. The highest BCUT2D eigenvalue weighted by Gasteiger charge is 2.00. The average Bonchev–Trinajstić information content (AvgIpc) is 2.31. The summed E-state index contributed by atoms with van der Waals surface area (Å²) in [7, 11) is 3.09. The number of aliphatic hydroxyl groups excluding tert-OH is 2. The maximum atomic E-state index is 10.4. The number of hydrogen-bond donors (Lipinski definition) is 4. The molecule has 4 N–H and O–H groups in total. The van der Waals surface area contributed by atoms with Crippen molar-refractivity contribution < 1.29 is 19.8 Å². The number of nitrogens with one attached hydrogen (secondary N) is 2. The zero-order chi connectivity index (χ0) is 14.3. The molecule has 0 fully saturated rings. The average molecular weight is 250 g/mol. The van der Waals surface area contributed by atoms with Crippen LogP contribution in [-0.2, 0) is 9.59 Å². The molecule has 0 aromatic heterocycles. The van der Waals surface area contributed by atoms with Gasteiger partial charge in [-0.2, -0.15) is 0 Å². The molecule has 2 amide bonds. The number of aliphatic hydroxyl groups is 2. The van der Waals surface area contributed by atoms with Crippen LogP contribution in [0.4, 0.5) is 0 Å². The third-order valence-electron chi connectivity index (χ3n) is 1.38. The van der Waals surface area contributed by atoms with Gasteiger partial charge >= 0.3 is 0 Å². The second kappa shape index (κ2) is 17.3. The fraction of sp³-hybridized carbons (Fsp3) is 0.818. The van der Waals surface area contributed by atoms with Gasteiger partial charge in [-0.1, -0.05) is 13.8 Å². The van der Waals surface area contributed by atoms with E-state index in [1.54, 1.807) is 14.0 Å². The zero-order valence-corrected chi connectivity index (χ0v) is 11.4. The number of amides is 2. The normalized spacial score (nSPS) is 9.82. The second-order valence-electron chi connectivity index (χ2n) is 2.87. The van der Waals surface area contributed by atoms with Crippen molar-refractivity contribution in [1.82, 2.24) is 10.6 Å². The first kappa shape index (κ1) is 21.2. The molecule has 1 atom stereocenters. The third kappa shape index (κ3) is 25.3. The lowest BCUT2D eigenvalue weighted by atomic mass is 10.3. The largest absolute Gasteiger partial charge is 0.396 e. The highest BCUT2D eigenvalue weighted by atomic mass is 16.3. The zero-order valence-electron chi connectivity index (χ0n) is 11.4. The van der Waals surface area contributed by atoms with Crippen LogP contribution in [0.25, 0.3) is 0 Å². The van der Waals surface area contributed by atoms with Crippen LogP contribution in [0.3, 0.4) is 0 Å². The minimum Gasteiger partial charge on any atom is -0.396 e. The van der Waals surface area contributed by atoms with Crippen LogP contribution in [0, 0.1) is 0 Å². The lowest BCUT2D eigenvalue weighted by molar-refractivity contribution is -0.122. The number of rotatable bonds is 4. The van der Waals surface area contributed by atoms with E-state index in [4.69, 9.17) is 10.2 Å². The van der Waals surface area contributed by atoms with Crippen LogP contribution in [-0.4, -0.2) is 48.8 Å². The molecule has 0 rings (SSSR count). The van der Waals surface area contributed by atoms with Gasteiger partial charge in [-0.25, -0.2) is 0 Å². The van der Waals surface area contributed by atoms with Crippen LogP contribution in [0.5, 0.6) is 0 Å². The van der Waals surface area contributed by atoms with Crippen molar-refractivity contribution in [2.75, 3.05) is 20.7 Å². The van der Waals surface area contributed by atoms with Gasteiger partial charge < -0.3 is 20.8 Å². The minimum absolute atomic E-state index is 0.0698. The summed E-state index contributed by atoms with van der Waals surface area (Å²) in [5, 5.41) is 21.5. The van der Waals surface area contributed by atoms with E-state index in [0.29, 0.717) is 0 Å². The van der Waals surface area contributed by atoms with Crippen molar-refractivity contribution in [1.29, 1.82) is 0 Å². The maximum absolute atomic E-state index is 10.4. The molecule has 104 valence electrons. The summed E-state index contributed by atoms with van der Waals surface area (Å²) in [5.41, 5.74) is 0. The quantitative estimate of drug-likeness (QED) is 0.548. The first-order valence-corrected chi connectivity index (χ1v) is 5.68. The lowest BCUT2D eigenvalue weighted by Crippen LogP contribution is -2.21. The first-order chi connectivity index (χ1) is 7.97. The highest BCUT2D eigenvalue weighted by molar-refractivity contribution is 5.76. The standard InChI is InChI=1S/C5H11NO2.C4H9NO2.C2H6/c1-4(7)3-5(8)6-2;1-5-4(7)2-3-6;1-2/h4,7H,3H2,1-2H3,(H,6,8);6H,2-3H2,1H3,(H,5,7);1-2H3. The van der Waals surface area contributed by atoms with Crippen LogP contribution in [0.1, 0.15) is 33.6 Å². The Labute approximate surface area is 103 Å². The fourth-order valence-electron chi connectivity index (χ4n) is 0.597. The number of carbonyl (C=O) groups is 2. The predicted octanol–water partition coefficient (Wildman–Crippen LogP) is -0.356. The van der Waals surface area contributed by atoms with Gasteiger partial charge in [0.05, 0.1) is 19.1 Å². The van der Waals surface area contributed by atoms with E-state index in [1.165, 1.54) is 7.05 Å². The van der Waals surface area contributed by atoms with E-state index in [2.05, 4.69) is 10.6 Å². The summed E-state index contributed by atoms with van der Waals surface area (Å²) >= 11 is 0. The lowest BCUT2D eigenvalue weighted by Gasteiger charge is -1.99. The van der Waals surface area contributed by atoms with Gasteiger partial charge in [0.1, 0.15) is 0 Å². The van der Waals surface area contributed by atoms with Crippen molar-refractivity contribution in [3.05, 3.63) is 0 Å². The Morgan fingerprint density at radius 2 is 1.53 bits per heavy atom. The molecule has 0 aliphatic carbocycles. The van der Waals surface area contributed by atoms with E-state index in [9.17, 15) is 9.59 Å². The maximum Gasteiger partial charge on any atom is 0.222 e. The minimum atomic E-state index is -0.532. The number of hydrogen-bond acceptors (Lipinski definition) is 4. The van der Waals surface area contributed by atoms with Gasteiger partial charge in [-0.3, -0.25) is 9.59 Å². The molecular formula is C11H26N2O4. The Morgan fingerprint density at radius 1 is 1.12 bits per heavy atom. The highest BCUT2D eigenvalue weighted by Crippen LogP contribution is 1.86. The Balaban J connectivity index is -0.000000202. The van der Waals surface area contributed by atoms with Crippen LogP contribution >= 0.6 is 0 Å². The monoisotopic (exact) mass is 250 g/mol. The summed E-state index contributed by atoms with van der Waals surface area (Å²) in [6, 6.07) is 0. The summed E-state index contributed by atoms with van der Waals surface area (Å²) in [6.45, 7) is 5.51. The van der Waals surface area contributed by atoms with Gasteiger partial charge in [-0.05, 0) is 6.92 Å². The van der Waals surface area contributed by atoms with Crippen LogP contribution in [0.2, 0.25) is 0 Å². The molecule has 0 bridgehead atoms. The summed E-state index contributed by atoms with van der Waals surface area (Å²) < 4.78 is 0. The predicted molar refractivity (Wildman–Crippen MR) is 67.5 cm³/mol. The first-order valence-electron chi connectivity index (χ1n) is 5.68. The van der Waals surface area contributed by atoms with E-state index < -0.39 is 6.10 Å². The molecule has 0 aliphatic rings. The summed E-state index contributed by atoms with van der Waals surface area (Å²) in [6.07, 6.45) is -0.137. The molecule has 0 aliphatic heterocycles. The smallest absolute Gasteiger partial charge is 0.222 e. The van der Waals surface area contributed by atoms with E-state index >= 15 is 0 Å². The van der Waals surface area contributed by atoms with Crippen LogP contribution in [0.15, 0.2) is 0 Å². The second-order valence-corrected chi connectivity index (χ2v) is 2.87. The van der Waals surface area contributed by atoms with Crippen molar-refractivity contribution >= 4 is 11.8 Å². The molecular weight excluding hydrogens is 224 g/mol. The van der Waals surface area contributed by atoms with E-state index in [0.717, 1.165) is 0 Å². The Morgan fingerprint density at radius 3 is 1.65 bits per heavy atom. The molecule has 6 heteroatoms. The van der Waals surface area contributed by atoms with Gasteiger partial charge in [0.2, 0.25) is 11.8 Å². The topological polar surface area (TPSA) is 98.7 Å². The van der Waals surface area contributed by atoms with Crippen molar-refractivity contribution in [2.24, 2.45) is 0 Å². The van der Waals surface area contributed by atoms with Gasteiger partial charge in [-0.15, -0.1) is 0 Å². The molecule has 0 aromatic carbocycles. The molecule has 0 spiro atoms. The molecule has 6 nitrogen and oxygen atoms in total. The van der Waals surface area contributed by atoms with E-state index in [1.807, 2.05) is 13.8 Å². The fourth-order valence-corrected chi connectivity index (χ4v) is 0.597. The van der Waals surface area contributed by atoms with Crippen molar-refractivity contribution in [3.63, 3.8) is 0 Å². The van der Waals surface area contributed by atoms with Crippen LogP contribution < -0.4 is 10.6 Å². The summed E-state index contributed by atoms with van der Waals surface area (Å²) in [4.78, 5) is 20.5. The molecule has 0 heterocycles. The molecule has 17 heavy (non-hydrogen) atoms. The molecule has 0 saturated heterocycles. The number of carbonyl (C=O) groups excluding carboxylic acids is 2. The van der Waals surface area contributed by atoms with Gasteiger partial charge in [0.25, 0.3) is 0 Å². The van der Waals surface area contributed by atoms with Gasteiger partial charge in [0.15, 0.2) is 0 Å². The van der Waals surface area contributed by atoms with E-state index in [-0.39, 0.29) is 31.3 Å². The third-order valence-corrected chi connectivity index (χ3v) is 1.38. The van der Waals surface area contributed by atoms with Crippen molar-refractivity contribution in [3.8, 4) is 0 Å². The Bertz CT molecular complexity index is 184. The molecule has 0 radical (unpaired) electrons. The molecule has 0 aromatic rings. The summed E-state index contributed by atoms with van der Waals surface area (Å²) in [5.74, 6) is -0.248. The Hall–Kier alpha value is -1.14. The molecule has 0 saturated carbocycles.